The van der Waals surface area contributed by atoms with Gasteiger partial charge < -0.3 is 18.5 Å². The van der Waals surface area contributed by atoms with Crippen LogP contribution in [0.4, 0.5) is 4.39 Å². The summed E-state index contributed by atoms with van der Waals surface area (Å²) in [6.07, 6.45) is 3.32. The molecule has 0 unspecified atom stereocenters. The minimum Gasteiger partial charge on any atom is -0.467 e. The van der Waals surface area contributed by atoms with Gasteiger partial charge in [-0.1, -0.05) is 12.1 Å². The van der Waals surface area contributed by atoms with Crippen molar-refractivity contribution in [3.8, 4) is 0 Å². The summed E-state index contributed by atoms with van der Waals surface area (Å²) in [7, 11) is 1.52. The van der Waals surface area contributed by atoms with Crippen molar-refractivity contribution < 1.29 is 27.6 Å². The summed E-state index contributed by atoms with van der Waals surface area (Å²) in [5.74, 6) is -0.460. The van der Waals surface area contributed by atoms with Gasteiger partial charge in [-0.3, -0.25) is 9.59 Å². The fourth-order valence-corrected chi connectivity index (χ4v) is 3.51. The van der Waals surface area contributed by atoms with Gasteiger partial charge in [0.2, 0.25) is 0 Å². The van der Waals surface area contributed by atoms with Crippen molar-refractivity contribution in [1.82, 2.24) is 9.91 Å². The highest BCUT2D eigenvalue weighted by molar-refractivity contribution is 6.03. The number of carbonyl (C=O) groups is 2. The Hall–Kier alpha value is -3.72. The van der Waals surface area contributed by atoms with E-state index in [4.69, 9.17) is 13.6 Å². The topological polar surface area (TPSA) is 88.5 Å². The van der Waals surface area contributed by atoms with Gasteiger partial charge >= 0.3 is 0 Å². The summed E-state index contributed by atoms with van der Waals surface area (Å²) in [4.78, 5) is 27.4. The number of amides is 2. The number of nitrogens with zero attached hydrogens (tertiary/aromatic N) is 3. The largest absolute Gasteiger partial charge is 0.467 e. The van der Waals surface area contributed by atoms with E-state index < -0.39 is 11.9 Å². The lowest BCUT2D eigenvalue weighted by molar-refractivity contribution is -0.134. The molecule has 0 N–H and O–H groups in total. The predicted molar refractivity (Wildman–Crippen MR) is 112 cm³/mol. The van der Waals surface area contributed by atoms with E-state index in [2.05, 4.69) is 5.10 Å². The third-order valence-corrected chi connectivity index (χ3v) is 5.13. The van der Waals surface area contributed by atoms with Crippen LogP contribution in [0.1, 0.15) is 34.3 Å². The van der Waals surface area contributed by atoms with Crippen LogP contribution in [0.2, 0.25) is 0 Å². The number of carbonyl (C=O) groups excluding carboxylic acids is 2. The summed E-state index contributed by atoms with van der Waals surface area (Å²) < 4.78 is 29.2. The van der Waals surface area contributed by atoms with Crippen LogP contribution >= 0.6 is 0 Å². The van der Waals surface area contributed by atoms with Gasteiger partial charge in [-0.15, -0.1) is 0 Å². The number of halogens is 1. The van der Waals surface area contributed by atoms with Crippen molar-refractivity contribution in [2.75, 3.05) is 26.8 Å². The maximum Gasteiger partial charge on any atom is 0.290 e. The molecule has 9 heteroatoms. The van der Waals surface area contributed by atoms with Gasteiger partial charge in [0.1, 0.15) is 24.2 Å². The summed E-state index contributed by atoms with van der Waals surface area (Å²) in [5, 5.41) is 5.83. The standard InChI is InChI=1S/C23H22FN3O5/c1-30-13-10-26(23(29)21-5-3-12-32-21)15-22(28)27-19(20-4-2-11-31-20)14-18(25-27)16-6-8-17(24)9-7-16/h2-9,11-12,19H,10,13-15H2,1H3/t19-/m0/s1. The zero-order valence-electron chi connectivity index (χ0n) is 17.4. The molecule has 166 valence electrons. The Kier molecular flexibility index (Phi) is 6.46. The summed E-state index contributed by atoms with van der Waals surface area (Å²) >= 11 is 0. The zero-order valence-corrected chi connectivity index (χ0v) is 17.4. The first-order chi connectivity index (χ1) is 15.6. The van der Waals surface area contributed by atoms with E-state index in [0.29, 0.717) is 23.5 Å². The Morgan fingerprint density at radius 2 is 1.91 bits per heavy atom. The van der Waals surface area contributed by atoms with Gasteiger partial charge in [0.05, 0.1) is 24.8 Å². The first-order valence-electron chi connectivity index (χ1n) is 10.1. The molecule has 0 saturated heterocycles. The number of benzene rings is 1. The van der Waals surface area contributed by atoms with Crippen molar-refractivity contribution in [3.05, 3.63) is 84.0 Å². The molecule has 0 saturated carbocycles. The Morgan fingerprint density at radius 3 is 2.56 bits per heavy atom. The van der Waals surface area contributed by atoms with E-state index in [1.807, 2.05) is 0 Å². The lowest BCUT2D eigenvalue weighted by Gasteiger charge is -2.25. The minimum atomic E-state index is -0.472. The van der Waals surface area contributed by atoms with Gasteiger partial charge in [-0.25, -0.2) is 9.40 Å². The van der Waals surface area contributed by atoms with Gasteiger partial charge in [-0.2, -0.15) is 5.10 Å². The molecule has 3 aromatic rings. The van der Waals surface area contributed by atoms with Crippen LogP contribution in [0.15, 0.2) is 75.0 Å². The van der Waals surface area contributed by atoms with E-state index in [9.17, 15) is 14.0 Å². The van der Waals surface area contributed by atoms with Gasteiger partial charge in [0, 0.05) is 20.1 Å². The van der Waals surface area contributed by atoms with Crippen LogP contribution in [0, 0.1) is 5.82 Å². The lowest BCUT2D eigenvalue weighted by atomic mass is 10.0. The summed E-state index contributed by atoms with van der Waals surface area (Å²) in [6, 6.07) is 12.1. The molecule has 1 aliphatic rings. The fourth-order valence-electron chi connectivity index (χ4n) is 3.51. The summed E-state index contributed by atoms with van der Waals surface area (Å²) in [5.41, 5.74) is 1.33. The molecule has 1 aliphatic heterocycles. The molecule has 2 amide bonds. The van der Waals surface area contributed by atoms with E-state index in [-0.39, 0.29) is 37.2 Å². The van der Waals surface area contributed by atoms with Gasteiger partial charge in [0.25, 0.3) is 11.8 Å². The van der Waals surface area contributed by atoms with Gasteiger partial charge in [0.15, 0.2) is 5.76 Å². The Balaban J connectivity index is 1.58. The number of methoxy groups -OCH3 is 1. The van der Waals surface area contributed by atoms with Crippen molar-refractivity contribution in [1.29, 1.82) is 0 Å². The smallest absolute Gasteiger partial charge is 0.290 e. The molecular formula is C23H22FN3O5. The second-order valence-electron chi connectivity index (χ2n) is 7.22. The first kappa shape index (κ1) is 21.5. The molecule has 3 heterocycles. The molecule has 0 bridgehead atoms. The van der Waals surface area contributed by atoms with Crippen LogP contribution in [-0.2, 0) is 9.53 Å². The number of ether oxygens (including phenoxy) is 1. The fraction of sp³-hybridized carbons (Fsp3) is 0.261. The first-order valence-corrected chi connectivity index (χ1v) is 10.1. The zero-order chi connectivity index (χ0) is 22.5. The van der Waals surface area contributed by atoms with Crippen molar-refractivity contribution in [3.63, 3.8) is 0 Å². The van der Waals surface area contributed by atoms with Crippen molar-refractivity contribution >= 4 is 17.5 Å². The Morgan fingerprint density at radius 1 is 1.16 bits per heavy atom. The second-order valence-corrected chi connectivity index (χ2v) is 7.22. The average molecular weight is 439 g/mol. The second kappa shape index (κ2) is 9.61. The number of furan rings is 2. The molecule has 0 spiro atoms. The highest BCUT2D eigenvalue weighted by Crippen LogP contribution is 2.33. The van der Waals surface area contributed by atoms with Gasteiger partial charge in [-0.05, 0) is 42.0 Å². The van der Waals surface area contributed by atoms with Crippen molar-refractivity contribution in [2.45, 2.75) is 12.5 Å². The molecule has 4 rings (SSSR count). The van der Waals surface area contributed by atoms with E-state index in [0.717, 1.165) is 0 Å². The van der Waals surface area contributed by atoms with E-state index in [1.165, 1.54) is 41.7 Å². The van der Waals surface area contributed by atoms with Crippen LogP contribution in [0.5, 0.6) is 0 Å². The van der Waals surface area contributed by atoms with Crippen LogP contribution in [0.25, 0.3) is 0 Å². The van der Waals surface area contributed by atoms with E-state index >= 15 is 0 Å². The van der Waals surface area contributed by atoms with Crippen LogP contribution < -0.4 is 0 Å². The molecule has 32 heavy (non-hydrogen) atoms. The van der Waals surface area contributed by atoms with E-state index in [1.54, 1.807) is 36.4 Å². The lowest BCUT2D eigenvalue weighted by Crippen LogP contribution is -2.42. The monoisotopic (exact) mass is 439 g/mol. The maximum atomic E-state index is 13.3. The molecular weight excluding hydrogens is 417 g/mol. The highest BCUT2D eigenvalue weighted by atomic mass is 19.1. The molecule has 1 atom stereocenters. The van der Waals surface area contributed by atoms with Crippen LogP contribution in [-0.4, -0.2) is 54.2 Å². The third kappa shape index (κ3) is 4.62. The number of hydrogen-bond acceptors (Lipinski definition) is 6. The maximum absolute atomic E-state index is 13.3. The predicted octanol–water partition coefficient (Wildman–Crippen LogP) is 3.48. The quantitative estimate of drug-likeness (QED) is 0.536. The molecule has 1 aromatic carbocycles. The Labute approximate surface area is 183 Å². The highest BCUT2D eigenvalue weighted by Gasteiger charge is 2.36. The molecule has 0 radical (unpaired) electrons. The molecule has 0 fully saturated rings. The van der Waals surface area contributed by atoms with Crippen molar-refractivity contribution in [2.24, 2.45) is 5.10 Å². The third-order valence-electron chi connectivity index (χ3n) is 5.13. The molecule has 0 aliphatic carbocycles. The SMILES string of the molecule is COCCN(CC(=O)N1N=C(c2ccc(F)cc2)C[C@H]1c1ccco1)C(=O)c1ccco1. The minimum absolute atomic E-state index is 0.133. The summed E-state index contributed by atoms with van der Waals surface area (Å²) in [6.45, 7) is 0.237. The number of hydrogen-bond donors (Lipinski definition) is 0. The molecule has 2 aromatic heterocycles. The average Bonchev–Trinajstić information content (AvgIpc) is 3.57. The number of rotatable bonds is 8. The van der Waals surface area contributed by atoms with Crippen LogP contribution in [0.3, 0.4) is 0 Å². The molecule has 8 nitrogen and oxygen atoms in total. The number of hydrazone groups is 1. The Bertz CT molecular complexity index is 1080. The normalized spacial score (nSPS) is 15.6.